The Kier molecular flexibility index (Phi) is 5.60. The van der Waals surface area contributed by atoms with E-state index < -0.39 is 17.2 Å². The van der Waals surface area contributed by atoms with Crippen LogP contribution in [0.2, 0.25) is 5.02 Å². The molecule has 0 spiro atoms. The number of nitrogens with one attached hydrogen (secondary N) is 1. The molecule has 9 heteroatoms. The topological polar surface area (TPSA) is 66.1 Å². The standard InChI is InChI=1S/C22H16ClF2N3O2S/c1-11-3-4-14(8-16(11)23)28(22(30)21-12(2)26-10-31-21)9-13-7-18(29)27-20-15(13)5-6-17(24)19(20)25/h3-8,10H,9H2,1-2H3,(H,27,29). The van der Waals surface area contributed by atoms with Crippen LogP contribution in [0.3, 0.4) is 0 Å². The van der Waals surface area contributed by atoms with Gasteiger partial charge in [0.05, 0.1) is 23.3 Å². The molecule has 2 aromatic heterocycles. The number of fused-ring (bicyclic) bond motifs is 1. The molecule has 0 aliphatic rings. The predicted molar refractivity (Wildman–Crippen MR) is 118 cm³/mol. The Bertz CT molecular complexity index is 1380. The zero-order valence-electron chi connectivity index (χ0n) is 16.5. The number of carbonyl (C=O) groups is 1. The van der Waals surface area contributed by atoms with Crippen LogP contribution in [0.5, 0.6) is 0 Å². The first-order valence-corrected chi connectivity index (χ1v) is 10.5. The number of aromatic amines is 1. The number of halogens is 3. The predicted octanol–water partition coefficient (Wildman–Crippen LogP) is 5.38. The summed E-state index contributed by atoms with van der Waals surface area (Å²) < 4.78 is 28.0. The first-order valence-electron chi connectivity index (χ1n) is 9.24. The second-order valence-electron chi connectivity index (χ2n) is 7.03. The molecule has 31 heavy (non-hydrogen) atoms. The van der Waals surface area contributed by atoms with E-state index in [1.165, 1.54) is 28.4 Å². The average molecular weight is 460 g/mol. The van der Waals surface area contributed by atoms with Crippen molar-refractivity contribution in [1.29, 1.82) is 0 Å². The molecule has 0 aliphatic carbocycles. The minimum Gasteiger partial charge on any atom is -0.319 e. The summed E-state index contributed by atoms with van der Waals surface area (Å²) in [6, 6.07) is 8.81. The van der Waals surface area contributed by atoms with E-state index in [1.807, 2.05) is 6.92 Å². The number of aryl methyl sites for hydroxylation is 2. The Morgan fingerprint density at radius 2 is 1.97 bits per heavy atom. The Balaban J connectivity index is 1.88. The summed E-state index contributed by atoms with van der Waals surface area (Å²) in [6.07, 6.45) is 0. The van der Waals surface area contributed by atoms with E-state index >= 15 is 0 Å². The van der Waals surface area contributed by atoms with Crippen molar-refractivity contribution < 1.29 is 13.6 Å². The number of carbonyl (C=O) groups excluding carboxylic acids is 1. The molecule has 0 atom stereocenters. The lowest BCUT2D eigenvalue weighted by atomic mass is 10.1. The molecule has 1 N–H and O–H groups in total. The molecule has 0 radical (unpaired) electrons. The Morgan fingerprint density at radius 3 is 2.65 bits per heavy atom. The van der Waals surface area contributed by atoms with Gasteiger partial charge >= 0.3 is 0 Å². The fraction of sp³-hybridized carbons (Fsp3) is 0.136. The summed E-state index contributed by atoms with van der Waals surface area (Å²) in [7, 11) is 0. The van der Waals surface area contributed by atoms with Crippen molar-refractivity contribution in [2.75, 3.05) is 4.90 Å². The molecule has 158 valence electrons. The third-order valence-electron chi connectivity index (χ3n) is 4.97. The highest BCUT2D eigenvalue weighted by Gasteiger charge is 2.24. The second kappa shape index (κ2) is 8.20. The Morgan fingerprint density at radius 1 is 1.19 bits per heavy atom. The van der Waals surface area contributed by atoms with Crippen molar-refractivity contribution in [3.8, 4) is 0 Å². The van der Waals surface area contributed by atoms with Gasteiger partial charge in [0.15, 0.2) is 11.6 Å². The van der Waals surface area contributed by atoms with Gasteiger partial charge in [-0.25, -0.2) is 13.8 Å². The number of benzene rings is 2. The smallest absolute Gasteiger partial charge is 0.270 e. The van der Waals surface area contributed by atoms with Gasteiger partial charge < -0.3 is 9.88 Å². The summed E-state index contributed by atoms with van der Waals surface area (Å²) >= 11 is 7.48. The van der Waals surface area contributed by atoms with E-state index in [0.717, 1.165) is 11.6 Å². The number of aromatic nitrogens is 2. The molecule has 0 saturated heterocycles. The van der Waals surface area contributed by atoms with Crippen molar-refractivity contribution in [3.63, 3.8) is 0 Å². The number of H-pyrrole nitrogens is 1. The second-order valence-corrected chi connectivity index (χ2v) is 8.30. The molecule has 0 fully saturated rings. The molecular weight excluding hydrogens is 444 g/mol. The first-order chi connectivity index (χ1) is 14.8. The minimum atomic E-state index is -1.15. The highest BCUT2D eigenvalue weighted by Crippen LogP contribution is 2.29. The van der Waals surface area contributed by atoms with Gasteiger partial charge in [-0.2, -0.15) is 0 Å². The van der Waals surface area contributed by atoms with Crippen LogP contribution in [0.25, 0.3) is 10.9 Å². The van der Waals surface area contributed by atoms with Gasteiger partial charge in [-0.05, 0) is 49.2 Å². The van der Waals surface area contributed by atoms with Crippen molar-refractivity contribution >= 4 is 45.4 Å². The number of anilines is 1. The van der Waals surface area contributed by atoms with E-state index in [1.54, 1.807) is 30.6 Å². The van der Waals surface area contributed by atoms with Gasteiger partial charge in [0.1, 0.15) is 4.88 Å². The molecule has 4 aromatic rings. The number of pyridine rings is 1. The fourth-order valence-corrected chi connectivity index (χ4v) is 4.22. The summed E-state index contributed by atoms with van der Waals surface area (Å²) in [5.41, 5.74) is 3.01. The molecule has 0 aliphatic heterocycles. The summed E-state index contributed by atoms with van der Waals surface area (Å²) in [6.45, 7) is 3.51. The molecule has 0 bridgehead atoms. The van der Waals surface area contributed by atoms with Gasteiger partial charge in [0.2, 0.25) is 5.56 Å². The molecule has 0 saturated carbocycles. The number of amides is 1. The molecule has 2 aromatic carbocycles. The van der Waals surface area contributed by atoms with Crippen LogP contribution in [0.1, 0.15) is 26.5 Å². The van der Waals surface area contributed by atoms with E-state index in [-0.39, 0.29) is 18.0 Å². The van der Waals surface area contributed by atoms with Crippen molar-refractivity contribution in [2.45, 2.75) is 20.4 Å². The first kappa shape index (κ1) is 21.1. The maximum absolute atomic E-state index is 14.3. The molecule has 2 heterocycles. The SMILES string of the molecule is Cc1ccc(N(Cc2cc(=O)[nH]c3c(F)c(F)ccc23)C(=O)c2scnc2C)cc1Cl. The number of rotatable bonds is 4. The van der Waals surface area contributed by atoms with E-state index in [2.05, 4.69) is 9.97 Å². The summed E-state index contributed by atoms with van der Waals surface area (Å²) in [5, 5.41) is 0.774. The highest BCUT2D eigenvalue weighted by molar-refractivity contribution is 7.12. The van der Waals surface area contributed by atoms with Crippen LogP contribution < -0.4 is 10.5 Å². The number of hydrogen-bond donors (Lipinski definition) is 1. The summed E-state index contributed by atoms with van der Waals surface area (Å²) in [4.78, 5) is 33.9. The molecule has 1 amide bonds. The molecule has 5 nitrogen and oxygen atoms in total. The van der Waals surface area contributed by atoms with Crippen LogP contribution >= 0.6 is 22.9 Å². The molecular formula is C22H16ClF2N3O2S. The number of hydrogen-bond acceptors (Lipinski definition) is 4. The number of thiazole rings is 1. The van der Waals surface area contributed by atoms with Gasteiger partial charge in [0, 0.05) is 22.2 Å². The maximum Gasteiger partial charge on any atom is 0.270 e. The number of nitrogens with zero attached hydrogens (tertiary/aromatic N) is 2. The van der Waals surface area contributed by atoms with Crippen LogP contribution in [-0.4, -0.2) is 15.9 Å². The van der Waals surface area contributed by atoms with E-state index in [9.17, 15) is 18.4 Å². The van der Waals surface area contributed by atoms with Gasteiger partial charge in [-0.15, -0.1) is 11.3 Å². The van der Waals surface area contributed by atoms with Crippen molar-refractivity contribution in [1.82, 2.24) is 9.97 Å². The summed E-state index contributed by atoms with van der Waals surface area (Å²) in [5.74, 6) is -2.55. The minimum absolute atomic E-state index is 0.0545. The lowest BCUT2D eigenvalue weighted by molar-refractivity contribution is 0.0988. The highest BCUT2D eigenvalue weighted by atomic mass is 35.5. The van der Waals surface area contributed by atoms with Crippen molar-refractivity contribution in [2.24, 2.45) is 0 Å². The quantitative estimate of drug-likeness (QED) is 0.445. The van der Waals surface area contributed by atoms with Gasteiger partial charge in [-0.1, -0.05) is 17.7 Å². The van der Waals surface area contributed by atoms with Gasteiger partial charge in [0.25, 0.3) is 5.91 Å². The maximum atomic E-state index is 14.3. The van der Waals surface area contributed by atoms with Crippen LogP contribution in [0.15, 0.2) is 46.7 Å². The monoisotopic (exact) mass is 459 g/mol. The van der Waals surface area contributed by atoms with Gasteiger partial charge in [-0.3, -0.25) is 9.59 Å². The van der Waals surface area contributed by atoms with Crippen LogP contribution in [-0.2, 0) is 6.54 Å². The average Bonchev–Trinajstić information content (AvgIpc) is 3.16. The van der Waals surface area contributed by atoms with Crippen LogP contribution in [0, 0.1) is 25.5 Å². The Hall–Kier alpha value is -3.10. The largest absolute Gasteiger partial charge is 0.319 e. The van der Waals surface area contributed by atoms with Crippen molar-refractivity contribution in [3.05, 3.63) is 90.6 Å². The molecule has 4 rings (SSSR count). The van der Waals surface area contributed by atoms with E-state index in [0.29, 0.717) is 32.2 Å². The zero-order valence-corrected chi connectivity index (χ0v) is 18.1. The Labute approximate surface area is 184 Å². The normalized spacial score (nSPS) is 11.1. The zero-order chi connectivity index (χ0) is 22.3. The van der Waals surface area contributed by atoms with Crippen LogP contribution in [0.4, 0.5) is 14.5 Å². The third-order valence-corrected chi connectivity index (χ3v) is 6.30. The van der Waals surface area contributed by atoms with E-state index in [4.69, 9.17) is 11.6 Å². The fourth-order valence-electron chi connectivity index (χ4n) is 3.30. The molecule has 0 unspecified atom stereocenters. The third kappa shape index (κ3) is 3.96. The lowest BCUT2D eigenvalue weighted by Crippen LogP contribution is -2.31. The lowest BCUT2D eigenvalue weighted by Gasteiger charge is -2.24.